The molecule has 1 fully saturated rings. The van der Waals surface area contributed by atoms with Gasteiger partial charge in [-0.3, -0.25) is 4.18 Å². The van der Waals surface area contributed by atoms with Gasteiger partial charge >= 0.3 is 0 Å². The summed E-state index contributed by atoms with van der Waals surface area (Å²) in [6.45, 7) is 3.74. The van der Waals surface area contributed by atoms with Crippen molar-refractivity contribution in [1.29, 1.82) is 0 Å². The molecule has 0 aliphatic heterocycles. The van der Waals surface area contributed by atoms with Crippen LogP contribution < -0.4 is 0 Å². The minimum Gasteiger partial charge on any atom is -0.266 e. The van der Waals surface area contributed by atoms with E-state index in [1.54, 1.807) is 31.2 Å². The molecule has 1 aromatic rings. The lowest BCUT2D eigenvalue weighted by atomic mass is 9.83. The van der Waals surface area contributed by atoms with Crippen LogP contribution in [0.1, 0.15) is 38.2 Å². The Balaban J connectivity index is 1.83. The van der Waals surface area contributed by atoms with E-state index in [2.05, 4.69) is 0 Å². The van der Waals surface area contributed by atoms with Gasteiger partial charge in [-0.2, -0.15) is 8.42 Å². The van der Waals surface area contributed by atoms with Crippen molar-refractivity contribution in [3.63, 3.8) is 0 Å². The largest absolute Gasteiger partial charge is 0.296 e. The molecular weight excluding hydrogens is 348 g/mol. The third kappa shape index (κ3) is 5.57. The zero-order chi connectivity index (χ0) is 17.8. The van der Waals surface area contributed by atoms with Gasteiger partial charge < -0.3 is 0 Å². The van der Waals surface area contributed by atoms with Crippen molar-refractivity contribution in [3.05, 3.63) is 29.8 Å². The van der Waals surface area contributed by atoms with Gasteiger partial charge in [0.25, 0.3) is 10.1 Å². The molecule has 7 heteroatoms. The Bertz CT molecular complexity index is 728. The van der Waals surface area contributed by atoms with E-state index in [1.807, 2.05) is 6.92 Å². The van der Waals surface area contributed by atoms with Gasteiger partial charge in [-0.15, -0.1) is 0 Å². The van der Waals surface area contributed by atoms with Crippen molar-refractivity contribution in [3.8, 4) is 0 Å². The van der Waals surface area contributed by atoms with Gasteiger partial charge in [0.2, 0.25) is 0 Å². The molecule has 0 bridgehead atoms. The van der Waals surface area contributed by atoms with Gasteiger partial charge in [0.1, 0.15) is 9.84 Å². The topological polar surface area (TPSA) is 77.5 Å². The minimum atomic E-state index is -3.72. The average molecular weight is 375 g/mol. The second kappa shape index (κ2) is 7.97. The highest BCUT2D eigenvalue weighted by molar-refractivity contribution is 7.91. The molecule has 24 heavy (non-hydrogen) atoms. The third-order valence-corrected chi connectivity index (χ3v) is 7.82. The first-order valence-electron chi connectivity index (χ1n) is 8.38. The van der Waals surface area contributed by atoms with Crippen LogP contribution in [0.15, 0.2) is 29.2 Å². The van der Waals surface area contributed by atoms with Crippen LogP contribution in [0, 0.1) is 18.8 Å². The standard InChI is InChI=1S/C17H26O5S2/c1-3-23(18,19)13-16-8-6-15(7-9-16)12-22-24(20,21)17-10-4-14(2)5-11-17/h4-5,10-11,15-16H,3,6-9,12-13H2,1-2H3. The first-order chi connectivity index (χ1) is 11.2. The van der Waals surface area contributed by atoms with E-state index in [4.69, 9.17) is 4.18 Å². The maximum absolute atomic E-state index is 12.2. The van der Waals surface area contributed by atoms with Crippen molar-refractivity contribution in [2.45, 2.75) is 44.4 Å². The molecule has 5 nitrogen and oxygen atoms in total. The van der Waals surface area contributed by atoms with Gasteiger partial charge in [-0.25, -0.2) is 8.42 Å². The molecule has 0 aromatic heterocycles. The van der Waals surface area contributed by atoms with Crippen LogP contribution in [0.3, 0.4) is 0 Å². The molecule has 1 aromatic carbocycles. The number of rotatable bonds is 7. The maximum Gasteiger partial charge on any atom is 0.296 e. The lowest BCUT2D eigenvalue weighted by molar-refractivity contribution is 0.193. The highest BCUT2D eigenvalue weighted by Crippen LogP contribution is 2.30. The average Bonchev–Trinajstić information content (AvgIpc) is 2.54. The van der Waals surface area contributed by atoms with Gasteiger partial charge in [-0.1, -0.05) is 24.6 Å². The summed E-state index contributed by atoms with van der Waals surface area (Å²) in [5.41, 5.74) is 0.995. The molecule has 1 saturated carbocycles. The second-order valence-corrected chi connectivity index (χ2v) is 10.7. The minimum absolute atomic E-state index is 0.170. The van der Waals surface area contributed by atoms with Crippen LogP contribution in [0.5, 0.6) is 0 Å². The van der Waals surface area contributed by atoms with E-state index in [-0.39, 0.29) is 34.8 Å². The molecular formula is C17H26O5S2. The Morgan fingerprint density at radius 2 is 1.50 bits per heavy atom. The molecule has 2 rings (SSSR count). The summed E-state index contributed by atoms with van der Waals surface area (Å²) < 4.78 is 52.9. The monoisotopic (exact) mass is 374 g/mol. The van der Waals surface area contributed by atoms with Crippen molar-refractivity contribution in [2.75, 3.05) is 18.1 Å². The fourth-order valence-corrected chi connectivity index (χ4v) is 5.26. The van der Waals surface area contributed by atoms with E-state index in [9.17, 15) is 16.8 Å². The molecule has 0 radical (unpaired) electrons. The third-order valence-electron chi connectivity index (χ3n) is 4.66. The van der Waals surface area contributed by atoms with Crippen LogP contribution >= 0.6 is 0 Å². The van der Waals surface area contributed by atoms with Gasteiger partial charge in [0.05, 0.1) is 17.3 Å². The Morgan fingerprint density at radius 1 is 0.958 bits per heavy atom. The van der Waals surface area contributed by atoms with Crippen LogP contribution in [0.2, 0.25) is 0 Å². The number of hydrogen-bond acceptors (Lipinski definition) is 5. The highest BCUT2D eigenvalue weighted by Gasteiger charge is 2.26. The molecule has 1 aliphatic rings. The first kappa shape index (κ1) is 19.4. The molecule has 1 aliphatic carbocycles. The Morgan fingerprint density at radius 3 is 2.04 bits per heavy atom. The Labute approximate surface area is 145 Å². The van der Waals surface area contributed by atoms with Gasteiger partial charge in [0.15, 0.2) is 0 Å². The number of aryl methyl sites for hydroxylation is 1. The summed E-state index contributed by atoms with van der Waals surface area (Å²) in [7, 11) is -6.66. The Kier molecular flexibility index (Phi) is 6.45. The molecule has 0 amide bonds. The van der Waals surface area contributed by atoms with Crippen LogP contribution in [-0.4, -0.2) is 34.9 Å². The predicted molar refractivity (Wildman–Crippen MR) is 94.1 cm³/mol. The normalized spacial score (nSPS) is 22.4. The van der Waals surface area contributed by atoms with E-state index in [0.717, 1.165) is 31.2 Å². The maximum atomic E-state index is 12.2. The van der Waals surface area contributed by atoms with Crippen LogP contribution in [0.4, 0.5) is 0 Å². The number of benzene rings is 1. The fraction of sp³-hybridized carbons (Fsp3) is 0.647. The molecule has 136 valence electrons. The van der Waals surface area contributed by atoms with Crippen molar-refractivity contribution in [1.82, 2.24) is 0 Å². The lowest BCUT2D eigenvalue weighted by Gasteiger charge is -2.27. The quantitative estimate of drug-likeness (QED) is 0.686. The molecule has 0 N–H and O–H groups in total. The van der Waals surface area contributed by atoms with E-state index in [1.165, 1.54) is 0 Å². The first-order valence-corrected chi connectivity index (χ1v) is 11.6. The molecule has 0 spiro atoms. The molecule has 0 unspecified atom stereocenters. The van der Waals surface area contributed by atoms with E-state index in [0.29, 0.717) is 0 Å². The summed E-state index contributed by atoms with van der Waals surface area (Å²) in [4.78, 5) is 0.177. The molecule has 0 atom stereocenters. The van der Waals surface area contributed by atoms with Gasteiger partial charge in [0, 0.05) is 5.75 Å². The second-order valence-electron chi connectivity index (χ2n) is 6.64. The predicted octanol–water partition coefficient (Wildman–Crippen LogP) is 2.94. The van der Waals surface area contributed by atoms with Crippen LogP contribution in [-0.2, 0) is 24.1 Å². The van der Waals surface area contributed by atoms with E-state index >= 15 is 0 Å². The summed E-state index contributed by atoms with van der Waals surface area (Å²) in [6, 6.07) is 6.60. The van der Waals surface area contributed by atoms with Gasteiger partial charge in [-0.05, 0) is 56.6 Å². The summed E-state index contributed by atoms with van der Waals surface area (Å²) in [5, 5.41) is 0. The Hall–Kier alpha value is -0.920. The van der Waals surface area contributed by atoms with Crippen LogP contribution in [0.25, 0.3) is 0 Å². The molecule has 0 heterocycles. The SMILES string of the molecule is CCS(=O)(=O)CC1CCC(COS(=O)(=O)c2ccc(C)cc2)CC1. The smallest absolute Gasteiger partial charge is 0.266 e. The zero-order valence-electron chi connectivity index (χ0n) is 14.3. The summed E-state index contributed by atoms with van der Waals surface area (Å²) in [5.74, 6) is 0.801. The zero-order valence-corrected chi connectivity index (χ0v) is 15.9. The molecule has 0 saturated heterocycles. The van der Waals surface area contributed by atoms with Crippen molar-refractivity contribution in [2.24, 2.45) is 11.8 Å². The summed E-state index contributed by atoms with van der Waals surface area (Å²) in [6.07, 6.45) is 3.26. The lowest BCUT2D eigenvalue weighted by Crippen LogP contribution is -2.25. The fourth-order valence-electron chi connectivity index (χ4n) is 3.00. The number of sulfone groups is 1. The highest BCUT2D eigenvalue weighted by atomic mass is 32.2. The van der Waals surface area contributed by atoms with Crippen molar-refractivity contribution >= 4 is 20.0 Å². The summed E-state index contributed by atoms with van der Waals surface area (Å²) >= 11 is 0. The van der Waals surface area contributed by atoms with E-state index < -0.39 is 20.0 Å². The van der Waals surface area contributed by atoms with Crippen molar-refractivity contribution < 1.29 is 21.0 Å². The number of hydrogen-bond donors (Lipinski definition) is 0.